The van der Waals surface area contributed by atoms with Crippen molar-refractivity contribution >= 4 is 29.0 Å². The molecule has 0 bridgehead atoms. The van der Waals surface area contributed by atoms with E-state index < -0.39 is 22.4 Å². The van der Waals surface area contributed by atoms with Gasteiger partial charge in [-0.1, -0.05) is 29.8 Å². The van der Waals surface area contributed by atoms with Crippen LogP contribution in [0.4, 0.5) is 5.69 Å². The first-order chi connectivity index (χ1) is 10.3. The highest BCUT2D eigenvalue weighted by Gasteiger charge is 2.25. The van der Waals surface area contributed by atoms with Crippen LogP contribution >= 0.6 is 11.6 Å². The van der Waals surface area contributed by atoms with Crippen molar-refractivity contribution < 1.29 is 19.6 Å². The molecule has 0 atom stereocenters. The Balaban J connectivity index is 2.67. The van der Waals surface area contributed by atoms with E-state index in [1.54, 1.807) is 6.92 Å². The lowest BCUT2D eigenvalue weighted by Gasteiger charge is -2.07. The third-order valence-electron chi connectivity index (χ3n) is 3.12. The van der Waals surface area contributed by atoms with E-state index in [-0.39, 0.29) is 21.7 Å². The summed E-state index contributed by atoms with van der Waals surface area (Å²) in [6.07, 6.45) is 0. The Morgan fingerprint density at radius 2 is 1.73 bits per heavy atom. The molecule has 0 spiro atoms. The lowest BCUT2D eigenvalue weighted by Crippen LogP contribution is -2.11. The number of rotatable bonds is 4. The molecule has 22 heavy (non-hydrogen) atoms. The Bertz CT molecular complexity index is 801. The Morgan fingerprint density at radius 3 is 2.27 bits per heavy atom. The van der Waals surface area contributed by atoms with Gasteiger partial charge in [-0.15, -0.1) is 0 Å². The first-order valence-electron chi connectivity index (χ1n) is 6.14. The number of carbonyl (C=O) groups excluding carboxylic acids is 1. The molecule has 0 saturated carbocycles. The topological polar surface area (TPSA) is 97.5 Å². The molecule has 6 nitrogen and oxygen atoms in total. The average molecular weight is 320 g/mol. The second-order valence-corrected chi connectivity index (χ2v) is 4.96. The van der Waals surface area contributed by atoms with Crippen LogP contribution in [0.1, 0.15) is 31.8 Å². The normalized spacial score (nSPS) is 10.3. The van der Waals surface area contributed by atoms with E-state index in [4.69, 9.17) is 16.7 Å². The molecule has 1 N–H and O–H groups in total. The van der Waals surface area contributed by atoms with Gasteiger partial charge in [-0.2, -0.15) is 0 Å². The SMILES string of the molecule is Cc1cc([N+](=O)[O-])c(C(=O)c2ccccc2C(=O)O)cc1Cl. The van der Waals surface area contributed by atoms with Crippen molar-refractivity contribution in [3.63, 3.8) is 0 Å². The quantitative estimate of drug-likeness (QED) is 0.528. The van der Waals surface area contributed by atoms with Gasteiger partial charge in [0, 0.05) is 16.7 Å². The Kier molecular flexibility index (Phi) is 4.23. The van der Waals surface area contributed by atoms with Gasteiger partial charge in [0.05, 0.1) is 10.5 Å². The predicted octanol–water partition coefficient (Wildman–Crippen LogP) is 3.49. The van der Waals surface area contributed by atoms with Gasteiger partial charge < -0.3 is 5.11 Å². The number of aromatic carboxylic acids is 1. The van der Waals surface area contributed by atoms with Crippen LogP contribution in [0.2, 0.25) is 5.02 Å². The van der Waals surface area contributed by atoms with Crippen LogP contribution in [-0.2, 0) is 0 Å². The van der Waals surface area contributed by atoms with E-state index in [2.05, 4.69) is 0 Å². The van der Waals surface area contributed by atoms with E-state index >= 15 is 0 Å². The molecule has 0 amide bonds. The Hall–Kier alpha value is -2.73. The summed E-state index contributed by atoms with van der Waals surface area (Å²) in [4.78, 5) is 34.2. The smallest absolute Gasteiger partial charge is 0.336 e. The van der Waals surface area contributed by atoms with Crippen LogP contribution < -0.4 is 0 Å². The lowest BCUT2D eigenvalue weighted by molar-refractivity contribution is -0.385. The minimum absolute atomic E-state index is 0.127. The number of hydrogen-bond acceptors (Lipinski definition) is 4. The molecule has 2 aromatic rings. The third kappa shape index (κ3) is 2.82. The highest BCUT2D eigenvalue weighted by Crippen LogP contribution is 2.29. The minimum Gasteiger partial charge on any atom is -0.478 e. The number of nitrogens with zero attached hydrogens (tertiary/aromatic N) is 1. The van der Waals surface area contributed by atoms with Crippen molar-refractivity contribution in [2.75, 3.05) is 0 Å². The first kappa shape index (κ1) is 15.7. The van der Waals surface area contributed by atoms with Gasteiger partial charge in [0.25, 0.3) is 5.69 Å². The van der Waals surface area contributed by atoms with Gasteiger partial charge in [0.15, 0.2) is 0 Å². The number of ketones is 1. The molecule has 0 unspecified atom stereocenters. The Morgan fingerprint density at radius 1 is 1.14 bits per heavy atom. The largest absolute Gasteiger partial charge is 0.478 e. The zero-order valence-corrected chi connectivity index (χ0v) is 12.1. The number of carboxylic acids is 1. The summed E-state index contributed by atoms with van der Waals surface area (Å²) in [5.74, 6) is -2.04. The standard InChI is InChI=1S/C15H10ClNO5/c1-8-6-13(17(21)22)11(7-12(8)16)14(18)9-4-2-3-5-10(9)15(19)20/h2-7H,1H3,(H,19,20). The summed E-state index contributed by atoms with van der Waals surface area (Å²) in [6, 6.07) is 7.91. The van der Waals surface area contributed by atoms with Gasteiger partial charge in [-0.05, 0) is 24.6 Å². The van der Waals surface area contributed by atoms with Crippen LogP contribution in [0, 0.1) is 17.0 Å². The van der Waals surface area contributed by atoms with Gasteiger partial charge in [-0.25, -0.2) is 4.79 Å². The van der Waals surface area contributed by atoms with Crippen molar-refractivity contribution in [3.8, 4) is 0 Å². The number of hydrogen-bond donors (Lipinski definition) is 1. The number of nitro benzene ring substituents is 1. The fraction of sp³-hybridized carbons (Fsp3) is 0.0667. The van der Waals surface area contributed by atoms with Crippen LogP contribution in [-0.4, -0.2) is 21.8 Å². The molecule has 0 heterocycles. The number of halogens is 1. The zero-order valence-electron chi connectivity index (χ0n) is 11.4. The van der Waals surface area contributed by atoms with Crippen LogP contribution in [0.3, 0.4) is 0 Å². The van der Waals surface area contributed by atoms with Crippen molar-refractivity contribution in [3.05, 3.63) is 73.8 Å². The Labute approximate surface area is 130 Å². The fourth-order valence-corrected chi connectivity index (χ4v) is 2.18. The lowest BCUT2D eigenvalue weighted by atomic mass is 9.96. The van der Waals surface area contributed by atoms with E-state index in [1.807, 2.05) is 0 Å². The van der Waals surface area contributed by atoms with Crippen LogP contribution in [0.25, 0.3) is 0 Å². The van der Waals surface area contributed by atoms with E-state index in [9.17, 15) is 19.7 Å². The van der Waals surface area contributed by atoms with Crippen LogP contribution in [0.5, 0.6) is 0 Å². The maximum atomic E-state index is 12.5. The molecule has 0 aliphatic rings. The van der Waals surface area contributed by atoms with Gasteiger partial charge >= 0.3 is 5.97 Å². The fourth-order valence-electron chi connectivity index (χ4n) is 2.01. The van der Waals surface area contributed by atoms with Gasteiger partial charge in [0.2, 0.25) is 5.78 Å². The molecule has 0 saturated heterocycles. The third-order valence-corrected chi connectivity index (χ3v) is 3.53. The molecule has 112 valence electrons. The summed E-state index contributed by atoms with van der Waals surface area (Å²) in [5, 5.41) is 20.5. The summed E-state index contributed by atoms with van der Waals surface area (Å²) in [5.41, 5.74) is -0.547. The maximum Gasteiger partial charge on any atom is 0.336 e. The van der Waals surface area contributed by atoms with Crippen LogP contribution in [0.15, 0.2) is 36.4 Å². The monoisotopic (exact) mass is 319 g/mol. The second-order valence-electron chi connectivity index (χ2n) is 4.56. The molecule has 2 rings (SSSR count). The molecular formula is C15H10ClNO5. The molecule has 0 aliphatic heterocycles. The first-order valence-corrected chi connectivity index (χ1v) is 6.52. The number of benzene rings is 2. The highest BCUT2D eigenvalue weighted by molar-refractivity contribution is 6.32. The number of carboxylic acid groups (broad SMARTS) is 1. The zero-order chi connectivity index (χ0) is 16.4. The highest BCUT2D eigenvalue weighted by atomic mass is 35.5. The van der Waals surface area contributed by atoms with Gasteiger partial charge in [-0.3, -0.25) is 14.9 Å². The van der Waals surface area contributed by atoms with E-state index in [0.29, 0.717) is 5.56 Å². The second kappa shape index (κ2) is 5.95. The number of aryl methyl sites for hydroxylation is 1. The number of nitro groups is 1. The summed E-state index contributed by atoms with van der Waals surface area (Å²) >= 11 is 5.93. The average Bonchev–Trinajstić information content (AvgIpc) is 2.48. The molecule has 7 heteroatoms. The number of carbonyl (C=O) groups is 2. The summed E-state index contributed by atoms with van der Waals surface area (Å²) in [7, 11) is 0. The molecule has 0 aromatic heterocycles. The van der Waals surface area contributed by atoms with Crippen molar-refractivity contribution in [2.45, 2.75) is 6.92 Å². The van der Waals surface area contributed by atoms with Crippen molar-refractivity contribution in [2.24, 2.45) is 0 Å². The molecule has 0 radical (unpaired) electrons. The molecule has 2 aromatic carbocycles. The minimum atomic E-state index is -1.29. The summed E-state index contributed by atoms with van der Waals surface area (Å²) in [6.45, 7) is 1.58. The predicted molar refractivity (Wildman–Crippen MR) is 79.7 cm³/mol. The van der Waals surface area contributed by atoms with E-state index in [0.717, 1.165) is 0 Å². The molecular weight excluding hydrogens is 310 g/mol. The molecule has 0 fully saturated rings. The maximum absolute atomic E-state index is 12.5. The van der Waals surface area contributed by atoms with E-state index in [1.165, 1.54) is 36.4 Å². The molecule has 0 aliphatic carbocycles. The summed E-state index contributed by atoms with van der Waals surface area (Å²) < 4.78 is 0. The van der Waals surface area contributed by atoms with Gasteiger partial charge in [0.1, 0.15) is 5.56 Å². The van der Waals surface area contributed by atoms with Crippen molar-refractivity contribution in [1.82, 2.24) is 0 Å². The van der Waals surface area contributed by atoms with Crippen molar-refractivity contribution in [1.29, 1.82) is 0 Å².